The second-order valence-corrected chi connectivity index (χ2v) is 7.08. The summed E-state index contributed by atoms with van der Waals surface area (Å²) in [6.07, 6.45) is 0.828. The standard InChI is InChI=1S/C23H23NO2/c1-5-7-17-10-14(2)21(15(3)11-17)22-20(25)13-18(23(22)26)12-19-9-6-8-16(4)24-19/h6,8-11,18,22H,12-13H2,1-4H3. The lowest BCUT2D eigenvalue weighted by Crippen LogP contribution is -2.19. The molecule has 2 atom stereocenters. The number of hydrogen-bond acceptors (Lipinski definition) is 3. The molecule has 1 aromatic carbocycles. The van der Waals surface area contributed by atoms with E-state index < -0.39 is 5.92 Å². The summed E-state index contributed by atoms with van der Waals surface area (Å²) in [4.78, 5) is 30.2. The minimum Gasteiger partial charge on any atom is -0.298 e. The Balaban J connectivity index is 1.91. The molecule has 0 radical (unpaired) electrons. The third-order valence-corrected chi connectivity index (χ3v) is 5.01. The fraction of sp³-hybridized carbons (Fsp3) is 0.348. The van der Waals surface area contributed by atoms with Gasteiger partial charge in [-0.15, -0.1) is 5.92 Å². The van der Waals surface area contributed by atoms with E-state index in [1.54, 1.807) is 6.92 Å². The van der Waals surface area contributed by atoms with Crippen LogP contribution in [-0.4, -0.2) is 16.6 Å². The second-order valence-electron chi connectivity index (χ2n) is 7.08. The predicted octanol–water partition coefficient (Wildman–Crippen LogP) is 3.86. The first-order chi connectivity index (χ1) is 12.4. The maximum absolute atomic E-state index is 13.0. The zero-order chi connectivity index (χ0) is 18.8. The second kappa shape index (κ2) is 7.25. The number of nitrogens with zero attached hydrogens (tertiary/aromatic N) is 1. The van der Waals surface area contributed by atoms with Crippen molar-refractivity contribution in [3.8, 4) is 11.8 Å². The van der Waals surface area contributed by atoms with Crippen LogP contribution in [0.4, 0.5) is 0 Å². The molecule has 0 spiro atoms. The van der Waals surface area contributed by atoms with E-state index in [2.05, 4.69) is 16.8 Å². The van der Waals surface area contributed by atoms with E-state index in [1.807, 2.05) is 51.1 Å². The van der Waals surface area contributed by atoms with Crippen molar-refractivity contribution in [1.29, 1.82) is 0 Å². The number of aromatic nitrogens is 1. The largest absolute Gasteiger partial charge is 0.298 e. The van der Waals surface area contributed by atoms with Gasteiger partial charge in [0.25, 0.3) is 0 Å². The summed E-state index contributed by atoms with van der Waals surface area (Å²) in [5, 5.41) is 0. The van der Waals surface area contributed by atoms with Crippen LogP contribution >= 0.6 is 0 Å². The molecule has 3 rings (SSSR count). The quantitative estimate of drug-likeness (QED) is 0.627. The number of aryl methyl sites for hydroxylation is 3. The number of rotatable bonds is 3. The molecular weight excluding hydrogens is 322 g/mol. The van der Waals surface area contributed by atoms with E-state index in [0.717, 1.165) is 33.6 Å². The predicted molar refractivity (Wildman–Crippen MR) is 102 cm³/mol. The lowest BCUT2D eigenvalue weighted by molar-refractivity contribution is -0.124. The topological polar surface area (TPSA) is 47.0 Å². The van der Waals surface area contributed by atoms with Crippen LogP contribution < -0.4 is 0 Å². The van der Waals surface area contributed by atoms with Crippen LogP contribution in [0.25, 0.3) is 0 Å². The maximum Gasteiger partial charge on any atom is 0.151 e. The first-order valence-electron chi connectivity index (χ1n) is 8.93. The van der Waals surface area contributed by atoms with Crippen LogP contribution in [0.15, 0.2) is 30.3 Å². The first kappa shape index (κ1) is 18.1. The van der Waals surface area contributed by atoms with Gasteiger partial charge in [-0.2, -0.15) is 0 Å². The molecule has 132 valence electrons. The van der Waals surface area contributed by atoms with E-state index in [-0.39, 0.29) is 17.5 Å². The molecule has 0 amide bonds. The summed E-state index contributed by atoms with van der Waals surface area (Å²) in [7, 11) is 0. The van der Waals surface area contributed by atoms with Crippen LogP contribution in [0, 0.1) is 38.5 Å². The molecule has 0 N–H and O–H groups in total. The molecule has 1 aromatic heterocycles. The highest BCUT2D eigenvalue weighted by Gasteiger charge is 2.43. The molecule has 3 heteroatoms. The molecule has 1 fully saturated rings. The number of carbonyl (C=O) groups is 2. The van der Waals surface area contributed by atoms with Crippen LogP contribution in [0.2, 0.25) is 0 Å². The van der Waals surface area contributed by atoms with Gasteiger partial charge in [0.15, 0.2) is 5.78 Å². The average molecular weight is 345 g/mol. The van der Waals surface area contributed by atoms with Crippen molar-refractivity contribution in [1.82, 2.24) is 4.98 Å². The lowest BCUT2D eigenvalue weighted by Gasteiger charge is -2.16. The van der Waals surface area contributed by atoms with Crippen molar-refractivity contribution in [3.05, 3.63) is 64.0 Å². The van der Waals surface area contributed by atoms with Gasteiger partial charge in [-0.05, 0) is 75.1 Å². The summed E-state index contributed by atoms with van der Waals surface area (Å²) in [6.45, 7) is 7.65. The van der Waals surface area contributed by atoms with Crippen molar-refractivity contribution in [2.75, 3.05) is 0 Å². The van der Waals surface area contributed by atoms with Crippen LogP contribution in [0.5, 0.6) is 0 Å². The fourth-order valence-electron chi connectivity index (χ4n) is 3.94. The van der Waals surface area contributed by atoms with Crippen LogP contribution in [-0.2, 0) is 16.0 Å². The Labute approximate surface area is 154 Å². The Bertz CT molecular complexity index is 923. The van der Waals surface area contributed by atoms with Gasteiger partial charge < -0.3 is 0 Å². The number of pyridine rings is 1. The lowest BCUT2D eigenvalue weighted by atomic mass is 9.86. The zero-order valence-corrected chi connectivity index (χ0v) is 15.7. The fourth-order valence-corrected chi connectivity index (χ4v) is 3.94. The number of carbonyl (C=O) groups excluding carboxylic acids is 2. The molecule has 0 aliphatic heterocycles. The van der Waals surface area contributed by atoms with Crippen LogP contribution in [0.3, 0.4) is 0 Å². The molecule has 0 saturated heterocycles. The van der Waals surface area contributed by atoms with Gasteiger partial charge >= 0.3 is 0 Å². The van der Waals surface area contributed by atoms with E-state index >= 15 is 0 Å². The van der Waals surface area contributed by atoms with Gasteiger partial charge in [0.2, 0.25) is 0 Å². The Kier molecular flexibility index (Phi) is 5.04. The van der Waals surface area contributed by atoms with Gasteiger partial charge in [-0.3, -0.25) is 14.6 Å². The smallest absolute Gasteiger partial charge is 0.151 e. The van der Waals surface area contributed by atoms with Gasteiger partial charge in [-0.25, -0.2) is 0 Å². The molecule has 26 heavy (non-hydrogen) atoms. The summed E-state index contributed by atoms with van der Waals surface area (Å²) >= 11 is 0. The van der Waals surface area contributed by atoms with Crippen molar-refractivity contribution >= 4 is 11.6 Å². The Morgan fingerprint density at radius 1 is 1.12 bits per heavy atom. The molecule has 1 heterocycles. The minimum atomic E-state index is -0.645. The van der Waals surface area contributed by atoms with Crippen LogP contribution in [0.1, 0.15) is 52.9 Å². The van der Waals surface area contributed by atoms with Crippen molar-refractivity contribution in [2.45, 2.75) is 46.5 Å². The Morgan fingerprint density at radius 2 is 1.81 bits per heavy atom. The van der Waals surface area contributed by atoms with E-state index in [0.29, 0.717) is 12.8 Å². The first-order valence-corrected chi connectivity index (χ1v) is 8.93. The number of hydrogen-bond donors (Lipinski definition) is 0. The minimum absolute atomic E-state index is 0.0215. The summed E-state index contributed by atoms with van der Waals surface area (Å²) < 4.78 is 0. The molecule has 2 unspecified atom stereocenters. The van der Waals surface area contributed by atoms with Gasteiger partial charge in [0, 0.05) is 29.3 Å². The van der Waals surface area contributed by atoms with E-state index in [1.165, 1.54) is 0 Å². The Morgan fingerprint density at radius 3 is 2.42 bits per heavy atom. The highest BCUT2D eigenvalue weighted by Crippen LogP contribution is 2.37. The number of benzene rings is 1. The van der Waals surface area contributed by atoms with Crippen molar-refractivity contribution < 1.29 is 9.59 Å². The summed E-state index contributed by atoms with van der Waals surface area (Å²) in [6, 6.07) is 9.73. The van der Waals surface area contributed by atoms with E-state index in [9.17, 15) is 9.59 Å². The highest BCUT2D eigenvalue weighted by molar-refractivity contribution is 6.15. The molecule has 1 aliphatic rings. The average Bonchev–Trinajstić information content (AvgIpc) is 2.82. The van der Waals surface area contributed by atoms with Gasteiger partial charge in [0.1, 0.15) is 11.7 Å². The monoisotopic (exact) mass is 345 g/mol. The normalized spacial score (nSPS) is 19.4. The maximum atomic E-state index is 13.0. The molecular formula is C23H23NO2. The highest BCUT2D eigenvalue weighted by atomic mass is 16.2. The molecule has 3 nitrogen and oxygen atoms in total. The SMILES string of the molecule is CC#Cc1cc(C)c(C2C(=O)CC(Cc3cccc(C)n3)C2=O)c(C)c1. The van der Waals surface area contributed by atoms with E-state index in [4.69, 9.17) is 0 Å². The van der Waals surface area contributed by atoms with Gasteiger partial charge in [-0.1, -0.05) is 12.0 Å². The molecule has 1 aliphatic carbocycles. The summed E-state index contributed by atoms with van der Waals surface area (Å²) in [5.41, 5.74) is 5.51. The number of ketones is 2. The Hall–Kier alpha value is -2.73. The van der Waals surface area contributed by atoms with Crippen molar-refractivity contribution in [2.24, 2.45) is 5.92 Å². The zero-order valence-electron chi connectivity index (χ0n) is 15.7. The third-order valence-electron chi connectivity index (χ3n) is 5.01. The van der Waals surface area contributed by atoms with Gasteiger partial charge in [0.05, 0.1) is 0 Å². The number of Topliss-reactive ketones (excluding diaryl/α,β-unsaturated/α-hetero) is 2. The third kappa shape index (κ3) is 3.46. The molecule has 1 saturated carbocycles. The molecule has 2 aromatic rings. The molecule has 0 bridgehead atoms. The van der Waals surface area contributed by atoms with Crippen molar-refractivity contribution in [3.63, 3.8) is 0 Å². The summed E-state index contributed by atoms with van der Waals surface area (Å²) in [5.74, 6) is 5.06.